The van der Waals surface area contributed by atoms with Gasteiger partial charge in [0.25, 0.3) is 5.89 Å². The van der Waals surface area contributed by atoms with Crippen LogP contribution in [0.3, 0.4) is 0 Å². The van der Waals surface area contributed by atoms with Crippen LogP contribution >= 0.6 is 0 Å². The summed E-state index contributed by atoms with van der Waals surface area (Å²) in [6, 6.07) is 0. The van der Waals surface area contributed by atoms with Crippen molar-refractivity contribution >= 4 is 5.97 Å². The van der Waals surface area contributed by atoms with Crippen molar-refractivity contribution in [1.29, 1.82) is 0 Å². The van der Waals surface area contributed by atoms with Crippen molar-refractivity contribution in [2.45, 2.75) is 13.3 Å². The Hall–Kier alpha value is -1.46. The molecule has 0 aliphatic carbocycles. The number of oxazole rings is 1. The van der Waals surface area contributed by atoms with E-state index in [0.717, 1.165) is 0 Å². The number of hydrogen-bond donors (Lipinski definition) is 1. The molecule has 0 radical (unpaired) electrons. The van der Waals surface area contributed by atoms with Gasteiger partial charge in [-0.15, -0.1) is 0 Å². The highest BCUT2D eigenvalue weighted by Gasteiger charge is 2.21. The molecule has 1 aromatic heterocycles. The third-order valence-corrected chi connectivity index (χ3v) is 1.20. The summed E-state index contributed by atoms with van der Waals surface area (Å²) in [4.78, 5) is 13.4. The van der Waals surface area contributed by atoms with Gasteiger partial charge in [0.2, 0.25) is 0 Å². The molecule has 0 amide bonds. The third-order valence-electron chi connectivity index (χ3n) is 1.20. The molecule has 0 bridgehead atoms. The first-order chi connectivity index (χ1) is 5.52. The van der Waals surface area contributed by atoms with Crippen molar-refractivity contribution in [3.8, 4) is 0 Å². The van der Waals surface area contributed by atoms with Gasteiger partial charge in [-0.25, -0.2) is 9.78 Å². The van der Waals surface area contributed by atoms with Crippen LogP contribution in [0.25, 0.3) is 0 Å². The van der Waals surface area contributed by atoms with Crippen LogP contribution in [0.5, 0.6) is 0 Å². The Bertz CT molecular complexity index is 308. The van der Waals surface area contributed by atoms with Crippen LogP contribution in [-0.4, -0.2) is 16.1 Å². The Labute approximate surface area is 65.8 Å². The number of aromatic nitrogens is 1. The van der Waals surface area contributed by atoms with Gasteiger partial charge < -0.3 is 9.52 Å². The molecular formula is C6H5F2NO3. The average molecular weight is 177 g/mol. The number of alkyl halides is 2. The zero-order chi connectivity index (χ0) is 9.30. The van der Waals surface area contributed by atoms with E-state index in [1.54, 1.807) is 0 Å². The zero-order valence-corrected chi connectivity index (χ0v) is 6.04. The molecule has 0 saturated carbocycles. The Morgan fingerprint density at radius 1 is 1.67 bits per heavy atom. The Morgan fingerprint density at radius 3 is 2.50 bits per heavy atom. The van der Waals surface area contributed by atoms with E-state index < -0.39 is 24.0 Å². The topological polar surface area (TPSA) is 63.3 Å². The molecule has 1 N–H and O–H groups in total. The highest BCUT2D eigenvalue weighted by Crippen LogP contribution is 2.20. The van der Waals surface area contributed by atoms with Crippen LogP contribution < -0.4 is 0 Å². The minimum atomic E-state index is -2.88. The summed E-state index contributed by atoms with van der Waals surface area (Å²) < 4.78 is 28.1. The summed E-state index contributed by atoms with van der Waals surface area (Å²) in [5.74, 6) is -2.34. The van der Waals surface area contributed by atoms with Crippen LogP contribution in [0.1, 0.15) is 28.6 Å². The smallest absolute Gasteiger partial charge is 0.358 e. The fourth-order valence-electron chi connectivity index (χ4n) is 0.709. The van der Waals surface area contributed by atoms with Crippen molar-refractivity contribution < 1.29 is 23.1 Å². The summed E-state index contributed by atoms with van der Waals surface area (Å²) in [7, 11) is 0. The van der Waals surface area contributed by atoms with Crippen molar-refractivity contribution in [2.75, 3.05) is 0 Å². The first kappa shape index (κ1) is 8.63. The number of halogens is 2. The molecule has 1 aromatic rings. The van der Waals surface area contributed by atoms with Gasteiger partial charge in [-0.2, -0.15) is 8.78 Å². The minimum Gasteiger partial charge on any atom is -0.476 e. The number of carboxylic acid groups (broad SMARTS) is 1. The second-order valence-electron chi connectivity index (χ2n) is 2.06. The van der Waals surface area contributed by atoms with Crippen molar-refractivity contribution in [3.05, 3.63) is 17.3 Å². The first-order valence-corrected chi connectivity index (χ1v) is 3.01. The summed E-state index contributed by atoms with van der Waals surface area (Å²) in [6.45, 7) is 1.27. The fraction of sp³-hybridized carbons (Fsp3) is 0.333. The van der Waals surface area contributed by atoms with Crippen LogP contribution in [0.4, 0.5) is 8.78 Å². The summed E-state index contributed by atoms with van der Waals surface area (Å²) in [5, 5.41) is 8.39. The van der Waals surface area contributed by atoms with Crippen molar-refractivity contribution in [2.24, 2.45) is 0 Å². The maximum Gasteiger partial charge on any atom is 0.358 e. The number of hydrogen-bond acceptors (Lipinski definition) is 3. The molecule has 0 fully saturated rings. The standard InChI is InChI=1S/C6H5F2NO3/c1-2-3(6(10)11)9-5(12-2)4(7)8/h4H,1H3,(H,10,11). The highest BCUT2D eigenvalue weighted by atomic mass is 19.3. The number of nitrogens with zero attached hydrogens (tertiary/aromatic N) is 1. The van der Waals surface area contributed by atoms with Gasteiger partial charge in [-0.1, -0.05) is 0 Å². The number of aryl methyl sites for hydroxylation is 1. The van der Waals surface area contributed by atoms with E-state index in [9.17, 15) is 13.6 Å². The quantitative estimate of drug-likeness (QED) is 0.745. The summed E-state index contributed by atoms with van der Waals surface area (Å²) >= 11 is 0. The van der Waals surface area contributed by atoms with Crippen LogP contribution in [0.2, 0.25) is 0 Å². The van der Waals surface area contributed by atoms with E-state index in [-0.39, 0.29) is 5.76 Å². The van der Waals surface area contributed by atoms with Crippen molar-refractivity contribution in [3.63, 3.8) is 0 Å². The highest BCUT2D eigenvalue weighted by molar-refractivity contribution is 5.86. The molecule has 0 aromatic carbocycles. The van der Waals surface area contributed by atoms with Gasteiger partial charge in [0.05, 0.1) is 0 Å². The predicted octanol–water partition coefficient (Wildman–Crippen LogP) is 1.62. The number of carbonyl (C=O) groups is 1. The Morgan fingerprint density at radius 2 is 2.25 bits per heavy atom. The van der Waals surface area contributed by atoms with Gasteiger partial charge in [0.15, 0.2) is 5.69 Å². The molecule has 1 rings (SSSR count). The first-order valence-electron chi connectivity index (χ1n) is 3.01. The maximum absolute atomic E-state index is 11.9. The molecule has 4 nitrogen and oxygen atoms in total. The lowest BCUT2D eigenvalue weighted by molar-refractivity contribution is 0.0689. The molecule has 6 heteroatoms. The SMILES string of the molecule is Cc1oc(C(F)F)nc1C(=O)O. The lowest BCUT2D eigenvalue weighted by Crippen LogP contribution is -1.98. The minimum absolute atomic E-state index is 0.113. The van der Waals surface area contributed by atoms with E-state index in [1.807, 2.05) is 0 Å². The van der Waals surface area contributed by atoms with E-state index >= 15 is 0 Å². The molecule has 1 heterocycles. The second kappa shape index (κ2) is 2.88. The van der Waals surface area contributed by atoms with Gasteiger partial charge in [0.1, 0.15) is 5.76 Å². The number of carboxylic acids is 1. The largest absolute Gasteiger partial charge is 0.476 e. The third kappa shape index (κ3) is 1.41. The lowest BCUT2D eigenvalue weighted by atomic mass is 10.4. The number of rotatable bonds is 2. The molecular weight excluding hydrogens is 172 g/mol. The maximum atomic E-state index is 11.9. The average Bonchev–Trinajstić information content (AvgIpc) is 2.30. The van der Waals surface area contributed by atoms with Gasteiger partial charge in [-0.05, 0) is 6.92 Å². The van der Waals surface area contributed by atoms with E-state index in [1.165, 1.54) is 6.92 Å². The number of aromatic carboxylic acids is 1. The molecule has 66 valence electrons. The molecule has 0 aliphatic rings. The molecule has 12 heavy (non-hydrogen) atoms. The molecule has 0 spiro atoms. The van der Waals surface area contributed by atoms with Gasteiger partial charge in [-0.3, -0.25) is 0 Å². The fourth-order valence-corrected chi connectivity index (χ4v) is 0.709. The summed E-state index contributed by atoms with van der Waals surface area (Å²) in [5.41, 5.74) is -0.467. The predicted molar refractivity (Wildman–Crippen MR) is 33.2 cm³/mol. The second-order valence-corrected chi connectivity index (χ2v) is 2.06. The zero-order valence-electron chi connectivity index (χ0n) is 6.04. The van der Waals surface area contributed by atoms with E-state index in [0.29, 0.717) is 0 Å². The van der Waals surface area contributed by atoms with Crippen molar-refractivity contribution in [1.82, 2.24) is 4.98 Å². The monoisotopic (exact) mass is 177 g/mol. The van der Waals surface area contributed by atoms with Gasteiger partial charge >= 0.3 is 12.4 Å². The van der Waals surface area contributed by atoms with Gasteiger partial charge in [0, 0.05) is 0 Å². The molecule has 0 unspecified atom stereocenters. The van der Waals surface area contributed by atoms with Crippen LogP contribution in [0, 0.1) is 6.92 Å². The lowest BCUT2D eigenvalue weighted by Gasteiger charge is -1.86. The van der Waals surface area contributed by atoms with Crippen LogP contribution in [0.15, 0.2) is 4.42 Å². The Balaban J connectivity index is 3.09. The van der Waals surface area contributed by atoms with E-state index in [2.05, 4.69) is 9.40 Å². The normalized spacial score (nSPS) is 10.7. The van der Waals surface area contributed by atoms with Crippen LogP contribution in [-0.2, 0) is 0 Å². The molecule has 0 atom stereocenters. The van der Waals surface area contributed by atoms with E-state index in [4.69, 9.17) is 5.11 Å². The summed E-state index contributed by atoms with van der Waals surface area (Å²) in [6.07, 6.45) is -2.88. The Kier molecular flexibility index (Phi) is 2.07. The molecule has 0 saturated heterocycles. The molecule has 0 aliphatic heterocycles.